The Bertz CT molecular complexity index is 301. The molecule has 0 spiro atoms. The maximum Gasteiger partial charge on any atom is 0.0626 e. The lowest BCUT2D eigenvalue weighted by molar-refractivity contribution is 0.241. The second-order valence-electron chi connectivity index (χ2n) is 4.09. The standard InChI is InChI=1S/C12H18BrNO/c1-9(2)7-14-12(8-15)10-4-3-5-11(13)6-10/h3-6,9,12,14-15H,7-8H2,1-2H3. The molecule has 1 atom stereocenters. The van der Waals surface area contributed by atoms with Gasteiger partial charge in [0.2, 0.25) is 0 Å². The molecule has 0 saturated carbocycles. The highest BCUT2D eigenvalue weighted by Gasteiger charge is 2.09. The molecule has 0 bridgehead atoms. The highest BCUT2D eigenvalue weighted by molar-refractivity contribution is 9.10. The Labute approximate surface area is 99.8 Å². The molecule has 1 aromatic carbocycles. The lowest BCUT2D eigenvalue weighted by Crippen LogP contribution is -2.27. The van der Waals surface area contributed by atoms with Crippen molar-refractivity contribution in [2.75, 3.05) is 13.2 Å². The van der Waals surface area contributed by atoms with Gasteiger partial charge in [-0.3, -0.25) is 0 Å². The Balaban J connectivity index is 2.65. The summed E-state index contributed by atoms with van der Waals surface area (Å²) in [5.74, 6) is 0.589. The number of rotatable bonds is 5. The average molecular weight is 272 g/mol. The molecule has 0 aliphatic rings. The summed E-state index contributed by atoms with van der Waals surface area (Å²) in [5, 5.41) is 12.6. The molecular weight excluding hydrogens is 254 g/mol. The highest BCUT2D eigenvalue weighted by Crippen LogP contribution is 2.18. The number of benzene rings is 1. The minimum atomic E-state index is 0.0323. The first-order chi connectivity index (χ1) is 7.13. The molecule has 0 amide bonds. The van der Waals surface area contributed by atoms with Crippen molar-refractivity contribution in [3.63, 3.8) is 0 Å². The molecule has 3 heteroatoms. The largest absolute Gasteiger partial charge is 0.394 e. The molecule has 0 fully saturated rings. The van der Waals surface area contributed by atoms with Crippen LogP contribution in [0.3, 0.4) is 0 Å². The quantitative estimate of drug-likeness (QED) is 0.863. The van der Waals surface area contributed by atoms with Gasteiger partial charge in [-0.05, 0) is 30.2 Å². The second-order valence-corrected chi connectivity index (χ2v) is 5.01. The molecule has 1 unspecified atom stereocenters. The molecule has 2 N–H and O–H groups in total. The Morgan fingerprint density at radius 2 is 2.13 bits per heavy atom. The summed E-state index contributed by atoms with van der Waals surface area (Å²) in [6.07, 6.45) is 0. The molecule has 0 aliphatic carbocycles. The summed E-state index contributed by atoms with van der Waals surface area (Å²) in [4.78, 5) is 0. The summed E-state index contributed by atoms with van der Waals surface area (Å²) in [6, 6.07) is 8.07. The van der Waals surface area contributed by atoms with Crippen LogP contribution in [0.25, 0.3) is 0 Å². The van der Waals surface area contributed by atoms with Gasteiger partial charge in [-0.15, -0.1) is 0 Å². The maximum absolute atomic E-state index is 9.31. The van der Waals surface area contributed by atoms with Crippen LogP contribution in [0.2, 0.25) is 0 Å². The van der Waals surface area contributed by atoms with E-state index in [9.17, 15) is 5.11 Å². The van der Waals surface area contributed by atoms with Crippen LogP contribution in [0.1, 0.15) is 25.5 Å². The lowest BCUT2D eigenvalue weighted by atomic mass is 10.1. The Morgan fingerprint density at radius 3 is 2.67 bits per heavy atom. The Kier molecular flexibility index (Phi) is 5.29. The molecule has 0 heterocycles. The normalized spacial score (nSPS) is 13.1. The van der Waals surface area contributed by atoms with Gasteiger partial charge in [-0.25, -0.2) is 0 Å². The number of halogens is 1. The molecule has 1 aromatic rings. The Morgan fingerprint density at radius 1 is 1.40 bits per heavy atom. The van der Waals surface area contributed by atoms with Gasteiger partial charge >= 0.3 is 0 Å². The van der Waals surface area contributed by atoms with Crippen molar-refractivity contribution >= 4 is 15.9 Å². The van der Waals surface area contributed by atoms with Crippen LogP contribution in [-0.2, 0) is 0 Å². The number of hydrogen-bond donors (Lipinski definition) is 2. The molecule has 0 aliphatic heterocycles. The number of nitrogens with one attached hydrogen (secondary N) is 1. The van der Waals surface area contributed by atoms with E-state index in [2.05, 4.69) is 35.1 Å². The van der Waals surface area contributed by atoms with E-state index in [4.69, 9.17) is 0 Å². The molecule has 0 radical (unpaired) electrons. The topological polar surface area (TPSA) is 32.3 Å². The molecular formula is C12H18BrNO. The summed E-state index contributed by atoms with van der Waals surface area (Å²) in [5.41, 5.74) is 1.12. The smallest absolute Gasteiger partial charge is 0.0626 e. The fourth-order valence-corrected chi connectivity index (χ4v) is 1.81. The van der Waals surface area contributed by atoms with Gasteiger partial charge in [0, 0.05) is 4.47 Å². The summed E-state index contributed by atoms with van der Waals surface area (Å²) in [7, 11) is 0. The van der Waals surface area contributed by atoms with Crippen molar-refractivity contribution in [3.05, 3.63) is 34.3 Å². The van der Waals surface area contributed by atoms with Gasteiger partial charge in [-0.2, -0.15) is 0 Å². The first-order valence-electron chi connectivity index (χ1n) is 5.23. The van der Waals surface area contributed by atoms with Crippen molar-refractivity contribution in [1.29, 1.82) is 0 Å². The number of hydrogen-bond acceptors (Lipinski definition) is 2. The van der Waals surface area contributed by atoms with Crippen molar-refractivity contribution in [2.24, 2.45) is 5.92 Å². The van der Waals surface area contributed by atoms with E-state index in [0.717, 1.165) is 16.6 Å². The molecule has 2 nitrogen and oxygen atoms in total. The summed E-state index contributed by atoms with van der Waals surface area (Å²) < 4.78 is 1.05. The van der Waals surface area contributed by atoms with Crippen LogP contribution in [0.15, 0.2) is 28.7 Å². The monoisotopic (exact) mass is 271 g/mol. The third kappa shape index (κ3) is 4.33. The fourth-order valence-electron chi connectivity index (χ4n) is 1.39. The van der Waals surface area contributed by atoms with Gasteiger partial charge in [0.1, 0.15) is 0 Å². The molecule has 1 rings (SSSR count). The predicted octanol–water partition coefficient (Wildman–Crippen LogP) is 2.73. The number of aliphatic hydroxyl groups is 1. The van der Waals surface area contributed by atoms with E-state index in [1.54, 1.807) is 0 Å². The van der Waals surface area contributed by atoms with Crippen molar-refractivity contribution in [1.82, 2.24) is 5.32 Å². The van der Waals surface area contributed by atoms with Crippen LogP contribution in [-0.4, -0.2) is 18.3 Å². The van der Waals surface area contributed by atoms with E-state index in [-0.39, 0.29) is 12.6 Å². The zero-order valence-electron chi connectivity index (χ0n) is 9.20. The van der Waals surface area contributed by atoms with E-state index >= 15 is 0 Å². The Hall–Kier alpha value is -0.380. The van der Waals surface area contributed by atoms with E-state index in [1.807, 2.05) is 24.3 Å². The van der Waals surface area contributed by atoms with Gasteiger partial charge in [0.15, 0.2) is 0 Å². The van der Waals surface area contributed by atoms with Gasteiger partial charge in [0.05, 0.1) is 12.6 Å². The minimum absolute atomic E-state index is 0.0323. The van der Waals surface area contributed by atoms with E-state index < -0.39 is 0 Å². The average Bonchev–Trinajstić information content (AvgIpc) is 2.18. The molecule has 0 saturated heterocycles. The molecule has 84 valence electrons. The highest BCUT2D eigenvalue weighted by atomic mass is 79.9. The third-order valence-corrected chi connectivity index (χ3v) is 2.70. The lowest BCUT2D eigenvalue weighted by Gasteiger charge is -2.18. The third-order valence-electron chi connectivity index (χ3n) is 2.21. The van der Waals surface area contributed by atoms with Gasteiger partial charge in [-0.1, -0.05) is 41.9 Å². The maximum atomic E-state index is 9.31. The minimum Gasteiger partial charge on any atom is -0.394 e. The number of aliphatic hydroxyl groups excluding tert-OH is 1. The first kappa shape index (κ1) is 12.7. The predicted molar refractivity (Wildman–Crippen MR) is 66.8 cm³/mol. The van der Waals surface area contributed by atoms with Crippen LogP contribution in [0, 0.1) is 5.92 Å². The van der Waals surface area contributed by atoms with Gasteiger partial charge in [0.25, 0.3) is 0 Å². The van der Waals surface area contributed by atoms with Crippen molar-refractivity contribution < 1.29 is 5.11 Å². The first-order valence-corrected chi connectivity index (χ1v) is 6.02. The van der Waals surface area contributed by atoms with Crippen LogP contribution in [0.5, 0.6) is 0 Å². The zero-order chi connectivity index (χ0) is 11.3. The second kappa shape index (κ2) is 6.26. The summed E-state index contributed by atoms with van der Waals surface area (Å²) in [6.45, 7) is 5.35. The van der Waals surface area contributed by atoms with Crippen molar-refractivity contribution in [2.45, 2.75) is 19.9 Å². The van der Waals surface area contributed by atoms with E-state index in [1.165, 1.54) is 0 Å². The van der Waals surface area contributed by atoms with Crippen molar-refractivity contribution in [3.8, 4) is 0 Å². The summed E-state index contributed by atoms with van der Waals surface area (Å²) >= 11 is 3.43. The molecule has 0 aromatic heterocycles. The van der Waals surface area contributed by atoms with Crippen LogP contribution < -0.4 is 5.32 Å². The van der Waals surface area contributed by atoms with Crippen LogP contribution >= 0.6 is 15.9 Å². The molecule has 15 heavy (non-hydrogen) atoms. The van der Waals surface area contributed by atoms with Gasteiger partial charge < -0.3 is 10.4 Å². The van der Waals surface area contributed by atoms with Crippen LogP contribution in [0.4, 0.5) is 0 Å². The SMILES string of the molecule is CC(C)CNC(CO)c1cccc(Br)c1. The fraction of sp³-hybridized carbons (Fsp3) is 0.500. The van der Waals surface area contributed by atoms with E-state index in [0.29, 0.717) is 5.92 Å². The zero-order valence-corrected chi connectivity index (χ0v) is 10.8.